The Kier molecular flexibility index (Phi) is 6.35. The number of nitriles is 1. The predicted molar refractivity (Wildman–Crippen MR) is 114 cm³/mol. The molecule has 35 heavy (non-hydrogen) atoms. The minimum atomic E-state index is -4.81. The zero-order valence-corrected chi connectivity index (χ0v) is 17.9. The second-order valence-corrected chi connectivity index (χ2v) is 7.41. The third-order valence-corrected chi connectivity index (χ3v) is 4.93. The fraction of sp³-hybridized carbons (Fsp3) is 0.174. The number of nitrogens with one attached hydrogen (secondary N) is 1. The fourth-order valence-corrected chi connectivity index (χ4v) is 3.22. The van der Waals surface area contributed by atoms with E-state index < -0.39 is 47.1 Å². The van der Waals surface area contributed by atoms with E-state index in [0.717, 1.165) is 0 Å². The van der Waals surface area contributed by atoms with Crippen LogP contribution in [0.3, 0.4) is 0 Å². The molecule has 2 aromatic heterocycles. The number of benzene rings is 2. The number of alkyl halides is 3. The van der Waals surface area contributed by atoms with Gasteiger partial charge >= 0.3 is 6.18 Å². The summed E-state index contributed by atoms with van der Waals surface area (Å²) in [5, 5.41) is 28.5. The molecule has 4 aromatic rings. The second kappa shape index (κ2) is 9.40. The Labute approximate surface area is 195 Å². The van der Waals surface area contributed by atoms with Crippen molar-refractivity contribution in [3.8, 4) is 40.4 Å². The maximum absolute atomic E-state index is 13.9. The average molecular weight is 483 g/mol. The summed E-state index contributed by atoms with van der Waals surface area (Å²) in [4.78, 5) is 16.0. The number of amides is 1. The van der Waals surface area contributed by atoms with Crippen LogP contribution < -0.4 is 5.32 Å². The number of halogens is 3. The summed E-state index contributed by atoms with van der Waals surface area (Å²) in [6.45, 7) is 1.46. The average Bonchev–Trinajstić information content (AvgIpc) is 3.51. The van der Waals surface area contributed by atoms with Crippen LogP contribution in [0, 0.1) is 11.3 Å². The summed E-state index contributed by atoms with van der Waals surface area (Å²) in [5.74, 6) is -2.04. The molecule has 2 atom stereocenters. The fourth-order valence-electron chi connectivity index (χ4n) is 3.22. The molecular formula is C23H16F3N5O4. The number of hydrogen-bond acceptors (Lipinski definition) is 8. The van der Waals surface area contributed by atoms with Crippen molar-refractivity contribution >= 4 is 5.91 Å². The van der Waals surface area contributed by atoms with Crippen LogP contribution in [0.5, 0.6) is 0 Å². The Morgan fingerprint density at radius 2 is 1.74 bits per heavy atom. The first-order valence-electron chi connectivity index (χ1n) is 10.1. The Morgan fingerprint density at radius 1 is 1.06 bits per heavy atom. The van der Waals surface area contributed by atoms with E-state index in [2.05, 4.69) is 20.6 Å². The maximum atomic E-state index is 13.9. The minimum absolute atomic E-state index is 0.0469. The lowest BCUT2D eigenvalue weighted by Gasteiger charge is -2.12. The molecule has 2 heterocycles. The zero-order valence-electron chi connectivity index (χ0n) is 17.9. The number of rotatable bonds is 6. The van der Waals surface area contributed by atoms with Gasteiger partial charge in [-0.3, -0.25) is 4.79 Å². The van der Waals surface area contributed by atoms with Crippen LogP contribution in [0.1, 0.15) is 24.2 Å². The van der Waals surface area contributed by atoms with Crippen molar-refractivity contribution in [3.63, 3.8) is 0 Å². The predicted octanol–water partition coefficient (Wildman–Crippen LogP) is 4.14. The summed E-state index contributed by atoms with van der Waals surface area (Å²) >= 11 is 0. The number of hydrogen-bond donors (Lipinski definition) is 2. The van der Waals surface area contributed by atoms with Crippen molar-refractivity contribution < 1.29 is 32.1 Å². The van der Waals surface area contributed by atoms with Crippen molar-refractivity contribution in [1.29, 1.82) is 5.26 Å². The van der Waals surface area contributed by atoms with E-state index in [0.29, 0.717) is 5.56 Å². The van der Waals surface area contributed by atoms with Gasteiger partial charge in [-0.1, -0.05) is 64.9 Å². The molecule has 0 bridgehead atoms. The Bertz CT molecular complexity index is 1370. The third-order valence-electron chi connectivity index (χ3n) is 4.93. The van der Waals surface area contributed by atoms with E-state index in [9.17, 15) is 23.1 Å². The summed E-state index contributed by atoms with van der Waals surface area (Å²) in [6, 6.07) is 14.5. The van der Waals surface area contributed by atoms with Gasteiger partial charge in [0.25, 0.3) is 11.8 Å². The summed E-state index contributed by atoms with van der Waals surface area (Å²) in [7, 11) is 0. The first-order chi connectivity index (χ1) is 16.7. The molecule has 0 saturated heterocycles. The lowest BCUT2D eigenvalue weighted by Crippen LogP contribution is -2.35. The normalized spacial score (nSPS) is 13.1. The molecule has 12 heteroatoms. The largest absolute Gasteiger partial charge is 0.422 e. The summed E-state index contributed by atoms with van der Waals surface area (Å²) in [6.07, 6.45) is -6.34. The lowest BCUT2D eigenvalue weighted by molar-refractivity contribution is -0.137. The SMILES string of the molecule is C[C@@H](C#N)NC(=O)C(O)c1ccc(-c2noc(-c3onc(-c4ccccc4)c3C(F)(F)F)n2)cc1. The van der Waals surface area contributed by atoms with Gasteiger partial charge in [0.2, 0.25) is 11.6 Å². The van der Waals surface area contributed by atoms with Crippen LogP contribution in [0.15, 0.2) is 63.6 Å². The van der Waals surface area contributed by atoms with Crippen molar-refractivity contribution in [2.24, 2.45) is 0 Å². The Hall–Kier alpha value is -4.50. The Morgan fingerprint density at radius 3 is 2.37 bits per heavy atom. The summed E-state index contributed by atoms with van der Waals surface area (Å²) in [5.41, 5.74) is -0.776. The highest BCUT2D eigenvalue weighted by Gasteiger charge is 2.43. The van der Waals surface area contributed by atoms with Gasteiger partial charge < -0.3 is 19.5 Å². The molecule has 0 spiro atoms. The topological polar surface area (TPSA) is 138 Å². The lowest BCUT2D eigenvalue weighted by atomic mass is 10.1. The molecule has 0 aliphatic rings. The van der Waals surface area contributed by atoms with E-state index >= 15 is 0 Å². The highest BCUT2D eigenvalue weighted by molar-refractivity contribution is 5.82. The van der Waals surface area contributed by atoms with Crippen LogP contribution in [-0.2, 0) is 11.0 Å². The van der Waals surface area contributed by atoms with Crippen molar-refractivity contribution in [3.05, 3.63) is 65.7 Å². The van der Waals surface area contributed by atoms with E-state index in [1.165, 1.54) is 43.3 Å². The van der Waals surface area contributed by atoms with Crippen LogP contribution in [0.2, 0.25) is 0 Å². The first kappa shape index (κ1) is 23.7. The van der Waals surface area contributed by atoms with Crippen molar-refractivity contribution in [2.45, 2.75) is 25.2 Å². The summed E-state index contributed by atoms with van der Waals surface area (Å²) < 4.78 is 51.6. The van der Waals surface area contributed by atoms with Gasteiger partial charge in [-0.15, -0.1) is 0 Å². The molecule has 4 rings (SSSR count). The minimum Gasteiger partial charge on any atom is -0.378 e. The second-order valence-electron chi connectivity index (χ2n) is 7.41. The van der Waals surface area contributed by atoms with Gasteiger partial charge in [-0.25, -0.2) is 0 Å². The van der Waals surface area contributed by atoms with Crippen LogP contribution in [0.4, 0.5) is 13.2 Å². The number of aromatic nitrogens is 3. The van der Waals surface area contributed by atoms with Crippen LogP contribution in [-0.4, -0.2) is 32.4 Å². The third kappa shape index (κ3) is 4.90. The van der Waals surface area contributed by atoms with Crippen molar-refractivity contribution in [1.82, 2.24) is 20.6 Å². The molecule has 178 valence electrons. The van der Waals surface area contributed by atoms with E-state index in [-0.39, 0.29) is 17.0 Å². The highest BCUT2D eigenvalue weighted by Crippen LogP contribution is 2.43. The van der Waals surface area contributed by atoms with Gasteiger partial charge in [0.15, 0.2) is 6.10 Å². The molecule has 2 N–H and O–H groups in total. The molecule has 2 aromatic carbocycles. The maximum Gasteiger partial charge on any atom is 0.422 e. The quantitative estimate of drug-likeness (QED) is 0.417. The Balaban J connectivity index is 1.61. The molecule has 1 amide bonds. The number of aliphatic hydroxyl groups excluding tert-OH is 1. The molecule has 0 aliphatic heterocycles. The standard InChI is InChI=1S/C23H16F3N5O4/c1-12(11-27)28-21(33)18(32)14-7-9-15(10-8-14)20-29-22(35-31-20)19-16(23(24,25)26)17(30-34-19)13-5-3-2-4-6-13/h2-10,12,18,32H,1H3,(H,28,33)/t12-,18?/m0/s1. The smallest absolute Gasteiger partial charge is 0.378 e. The van der Waals surface area contributed by atoms with Gasteiger partial charge in [0, 0.05) is 11.1 Å². The molecular weight excluding hydrogens is 467 g/mol. The van der Waals surface area contributed by atoms with E-state index in [1.54, 1.807) is 18.2 Å². The van der Waals surface area contributed by atoms with Gasteiger partial charge in [0.1, 0.15) is 17.3 Å². The molecule has 9 nitrogen and oxygen atoms in total. The van der Waals surface area contributed by atoms with E-state index in [4.69, 9.17) is 14.3 Å². The van der Waals surface area contributed by atoms with Gasteiger partial charge in [-0.05, 0) is 12.5 Å². The number of aliphatic hydroxyl groups is 1. The highest BCUT2D eigenvalue weighted by atomic mass is 19.4. The number of carbonyl (C=O) groups excluding carboxylic acids is 1. The molecule has 0 saturated carbocycles. The zero-order chi connectivity index (χ0) is 25.2. The molecule has 0 aliphatic carbocycles. The van der Waals surface area contributed by atoms with Crippen LogP contribution >= 0.6 is 0 Å². The van der Waals surface area contributed by atoms with Crippen molar-refractivity contribution in [2.75, 3.05) is 0 Å². The van der Waals surface area contributed by atoms with Gasteiger partial charge in [0.05, 0.1) is 6.07 Å². The number of nitrogens with zero attached hydrogens (tertiary/aromatic N) is 4. The van der Waals surface area contributed by atoms with Crippen LogP contribution in [0.25, 0.3) is 34.3 Å². The number of carbonyl (C=O) groups is 1. The molecule has 0 fully saturated rings. The first-order valence-corrected chi connectivity index (χ1v) is 10.1. The molecule has 1 unspecified atom stereocenters. The molecule has 0 radical (unpaired) electrons. The monoisotopic (exact) mass is 483 g/mol. The van der Waals surface area contributed by atoms with E-state index in [1.807, 2.05) is 6.07 Å². The van der Waals surface area contributed by atoms with Gasteiger partial charge in [-0.2, -0.15) is 23.4 Å².